The number of pyridine rings is 1. The van der Waals surface area contributed by atoms with Crippen LogP contribution in [-0.2, 0) is 16.1 Å². The molecule has 1 saturated carbocycles. The van der Waals surface area contributed by atoms with E-state index >= 15 is 0 Å². The van der Waals surface area contributed by atoms with Crippen LogP contribution in [0.2, 0.25) is 0 Å². The summed E-state index contributed by atoms with van der Waals surface area (Å²) in [5.41, 5.74) is 0.0974. The molecule has 0 aromatic carbocycles. The normalized spacial score (nSPS) is 25.5. The molecule has 0 unspecified atom stereocenters. The number of nitrogens with one attached hydrogen (secondary N) is 1. The highest BCUT2D eigenvalue weighted by Gasteiger charge is 2.52. The molecule has 0 radical (unpaired) electrons. The number of amides is 4. The van der Waals surface area contributed by atoms with Crippen molar-refractivity contribution in [2.45, 2.75) is 51.1 Å². The summed E-state index contributed by atoms with van der Waals surface area (Å²) < 4.78 is 0. The molecule has 3 rings (SSSR count). The van der Waals surface area contributed by atoms with Gasteiger partial charge in [0.2, 0.25) is 5.91 Å². The number of aromatic nitrogens is 1. The Morgan fingerprint density at radius 1 is 1.38 bits per heavy atom. The van der Waals surface area contributed by atoms with E-state index in [0.717, 1.165) is 29.7 Å². The molecule has 1 N–H and O–H groups in total. The minimum Gasteiger partial charge on any atom is -0.340 e. The lowest BCUT2D eigenvalue weighted by Gasteiger charge is -2.34. The molecule has 7 heteroatoms. The maximum Gasteiger partial charge on any atom is 0.325 e. The van der Waals surface area contributed by atoms with Crippen molar-refractivity contribution in [2.24, 2.45) is 5.92 Å². The van der Waals surface area contributed by atoms with Crippen LogP contribution >= 0.6 is 0 Å². The summed E-state index contributed by atoms with van der Waals surface area (Å²) in [6.45, 7) is 2.32. The first kappa shape index (κ1) is 18.4. The highest BCUT2D eigenvalue weighted by atomic mass is 16.2. The summed E-state index contributed by atoms with van der Waals surface area (Å²) in [6.07, 6.45) is 7.65. The fraction of sp³-hybridized carbons (Fsp3) is 0.579. The van der Waals surface area contributed by atoms with Gasteiger partial charge in [-0.1, -0.05) is 19.4 Å². The average Bonchev–Trinajstić information content (AvgIpc) is 2.87. The number of rotatable bonds is 5. The molecule has 140 valence electrons. The van der Waals surface area contributed by atoms with Crippen molar-refractivity contribution in [1.82, 2.24) is 20.1 Å². The highest BCUT2D eigenvalue weighted by Crippen LogP contribution is 2.37. The molecule has 26 heavy (non-hydrogen) atoms. The standard InChI is InChI=1S/C19H26N4O3/c1-3-14-6-8-19(9-7-14)17(25)23(18(26)21-19)13-16(24)22(2)12-15-5-4-10-20-11-15/h4-5,10-11,14H,3,6-9,12-13H2,1-2H3,(H,21,26). The Morgan fingerprint density at radius 3 is 2.73 bits per heavy atom. The third-order valence-corrected chi connectivity index (χ3v) is 5.64. The van der Waals surface area contributed by atoms with Crippen LogP contribution in [0.25, 0.3) is 0 Å². The maximum absolute atomic E-state index is 12.9. The van der Waals surface area contributed by atoms with E-state index < -0.39 is 11.6 Å². The second kappa shape index (κ2) is 7.43. The van der Waals surface area contributed by atoms with E-state index in [1.807, 2.05) is 12.1 Å². The van der Waals surface area contributed by atoms with Gasteiger partial charge in [0.1, 0.15) is 12.1 Å². The largest absolute Gasteiger partial charge is 0.340 e. The van der Waals surface area contributed by atoms with Crippen LogP contribution in [0.3, 0.4) is 0 Å². The highest BCUT2D eigenvalue weighted by molar-refractivity contribution is 6.09. The number of carbonyl (C=O) groups excluding carboxylic acids is 3. The molecular weight excluding hydrogens is 332 g/mol. The number of nitrogens with zero attached hydrogens (tertiary/aromatic N) is 3. The molecule has 1 aliphatic carbocycles. The van der Waals surface area contributed by atoms with Gasteiger partial charge in [-0.2, -0.15) is 0 Å². The summed E-state index contributed by atoms with van der Waals surface area (Å²) in [7, 11) is 1.66. The topological polar surface area (TPSA) is 82.6 Å². The summed E-state index contributed by atoms with van der Waals surface area (Å²) >= 11 is 0. The molecule has 0 atom stereocenters. The van der Waals surface area contributed by atoms with Crippen LogP contribution in [0.5, 0.6) is 0 Å². The Morgan fingerprint density at radius 2 is 2.12 bits per heavy atom. The van der Waals surface area contributed by atoms with Crippen LogP contribution in [0.15, 0.2) is 24.5 Å². The van der Waals surface area contributed by atoms with E-state index in [9.17, 15) is 14.4 Å². The zero-order valence-electron chi connectivity index (χ0n) is 15.4. The van der Waals surface area contributed by atoms with Crippen molar-refractivity contribution in [2.75, 3.05) is 13.6 Å². The van der Waals surface area contributed by atoms with E-state index in [0.29, 0.717) is 25.3 Å². The fourth-order valence-corrected chi connectivity index (χ4v) is 3.85. The molecule has 1 saturated heterocycles. The van der Waals surface area contributed by atoms with E-state index in [1.54, 1.807) is 19.4 Å². The van der Waals surface area contributed by atoms with Gasteiger partial charge in [0.25, 0.3) is 5.91 Å². The van der Waals surface area contributed by atoms with E-state index in [4.69, 9.17) is 0 Å². The summed E-state index contributed by atoms with van der Waals surface area (Å²) in [5, 5.41) is 2.86. The zero-order valence-corrected chi connectivity index (χ0v) is 15.4. The van der Waals surface area contributed by atoms with E-state index in [-0.39, 0.29) is 18.4 Å². The first-order valence-corrected chi connectivity index (χ1v) is 9.22. The first-order valence-electron chi connectivity index (χ1n) is 9.22. The number of urea groups is 1. The Labute approximate surface area is 153 Å². The zero-order chi connectivity index (χ0) is 18.7. The first-order chi connectivity index (χ1) is 12.4. The smallest absolute Gasteiger partial charge is 0.325 e. The third-order valence-electron chi connectivity index (χ3n) is 5.64. The molecule has 2 aliphatic rings. The van der Waals surface area contributed by atoms with Gasteiger partial charge >= 0.3 is 6.03 Å². The maximum atomic E-state index is 12.9. The molecular formula is C19H26N4O3. The summed E-state index contributed by atoms with van der Waals surface area (Å²) in [5.74, 6) is 0.100. The molecule has 1 aromatic heterocycles. The number of hydrogen-bond donors (Lipinski definition) is 1. The summed E-state index contributed by atoms with van der Waals surface area (Å²) in [4.78, 5) is 44.3. The van der Waals surface area contributed by atoms with Crippen LogP contribution < -0.4 is 5.32 Å². The van der Waals surface area contributed by atoms with Crippen LogP contribution in [-0.4, -0.2) is 51.8 Å². The van der Waals surface area contributed by atoms with Crippen LogP contribution in [0.1, 0.15) is 44.6 Å². The van der Waals surface area contributed by atoms with Gasteiger partial charge in [0.05, 0.1) is 0 Å². The average molecular weight is 358 g/mol. The lowest BCUT2D eigenvalue weighted by Crippen LogP contribution is -2.50. The molecule has 2 heterocycles. The number of hydrogen-bond acceptors (Lipinski definition) is 4. The number of imide groups is 1. The molecule has 7 nitrogen and oxygen atoms in total. The van der Waals surface area contributed by atoms with Crippen molar-refractivity contribution in [3.05, 3.63) is 30.1 Å². The Kier molecular flexibility index (Phi) is 5.25. The molecule has 0 bridgehead atoms. The van der Waals surface area contributed by atoms with Gasteiger partial charge in [-0.25, -0.2) is 4.79 Å². The minimum absolute atomic E-state index is 0.222. The Balaban J connectivity index is 1.61. The van der Waals surface area contributed by atoms with Gasteiger partial charge < -0.3 is 10.2 Å². The molecule has 1 aliphatic heterocycles. The van der Waals surface area contributed by atoms with Gasteiger partial charge in [-0.15, -0.1) is 0 Å². The number of likely N-dealkylation sites (N-methyl/N-ethyl adjacent to an activating group) is 1. The van der Waals surface area contributed by atoms with Gasteiger partial charge in [0.15, 0.2) is 0 Å². The van der Waals surface area contributed by atoms with Crippen molar-refractivity contribution in [1.29, 1.82) is 0 Å². The molecule has 1 spiro atoms. The predicted molar refractivity (Wildman–Crippen MR) is 95.9 cm³/mol. The van der Waals surface area contributed by atoms with Crippen molar-refractivity contribution >= 4 is 17.8 Å². The predicted octanol–water partition coefficient (Wildman–Crippen LogP) is 1.93. The monoisotopic (exact) mass is 358 g/mol. The molecule has 4 amide bonds. The lowest BCUT2D eigenvalue weighted by molar-refractivity contribution is -0.139. The Hall–Kier alpha value is -2.44. The molecule has 2 fully saturated rings. The fourth-order valence-electron chi connectivity index (χ4n) is 3.85. The second-order valence-corrected chi connectivity index (χ2v) is 7.37. The van der Waals surface area contributed by atoms with Crippen LogP contribution in [0, 0.1) is 5.92 Å². The van der Waals surface area contributed by atoms with Gasteiger partial charge in [0, 0.05) is 26.0 Å². The third kappa shape index (κ3) is 3.57. The van der Waals surface area contributed by atoms with E-state index in [2.05, 4.69) is 17.2 Å². The quantitative estimate of drug-likeness (QED) is 0.816. The summed E-state index contributed by atoms with van der Waals surface area (Å²) in [6, 6.07) is 3.24. The minimum atomic E-state index is -0.801. The molecule has 1 aromatic rings. The van der Waals surface area contributed by atoms with Gasteiger partial charge in [-0.05, 0) is 43.2 Å². The number of carbonyl (C=O) groups is 3. The second-order valence-electron chi connectivity index (χ2n) is 7.37. The van der Waals surface area contributed by atoms with Gasteiger partial charge in [-0.3, -0.25) is 19.5 Å². The lowest BCUT2D eigenvalue weighted by atomic mass is 9.75. The van der Waals surface area contributed by atoms with Crippen molar-refractivity contribution < 1.29 is 14.4 Å². The SMILES string of the molecule is CCC1CCC2(CC1)NC(=O)N(CC(=O)N(C)Cc1cccnc1)C2=O. The Bertz CT molecular complexity index is 683. The van der Waals surface area contributed by atoms with Crippen molar-refractivity contribution in [3.63, 3.8) is 0 Å². The van der Waals surface area contributed by atoms with Crippen LogP contribution in [0.4, 0.5) is 4.79 Å². The van der Waals surface area contributed by atoms with Crippen molar-refractivity contribution in [3.8, 4) is 0 Å². The van der Waals surface area contributed by atoms with E-state index in [1.165, 1.54) is 4.90 Å².